The fraction of sp³-hybridized carbons (Fsp3) is 0.333. The van der Waals surface area contributed by atoms with Crippen LogP contribution in [0.15, 0.2) is 40.2 Å². The topological polar surface area (TPSA) is 47.3 Å². The number of hydrazine groups is 1. The zero-order valence-corrected chi connectivity index (χ0v) is 13.4. The van der Waals surface area contributed by atoms with Gasteiger partial charge in [-0.2, -0.15) is 0 Å². The summed E-state index contributed by atoms with van der Waals surface area (Å²) in [4.78, 5) is 1.33. The van der Waals surface area contributed by atoms with Crippen molar-refractivity contribution in [2.45, 2.75) is 24.8 Å². The number of para-hydroxylation sites is 1. The van der Waals surface area contributed by atoms with Crippen molar-refractivity contribution in [3.63, 3.8) is 0 Å². The molecular formula is C15H17BrN2OS. The van der Waals surface area contributed by atoms with Crippen LogP contribution < -0.4 is 16.0 Å². The quantitative estimate of drug-likeness (QED) is 0.654. The number of hydrogen-bond donors (Lipinski definition) is 2. The van der Waals surface area contributed by atoms with E-state index in [1.165, 1.54) is 14.9 Å². The Morgan fingerprint density at radius 1 is 1.40 bits per heavy atom. The van der Waals surface area contributed by atoms with Crippen LogP contribution in [-0.4, -0.2) is 12.6 Å². The van der Waals surface area contributed by atoms with Crippen LogP contribution >= 0.6 is 27.3 Å². The van der Waals surface area contributed by atoms with E-state index >= 15 is 0 Å². The lowest BCUT2D eigenvalue weighted by Gasteiger charge is -2.32. The first-order valence-corrected chi connectivity index (χ1v) is 8.36. The van der Waals surface area contributed by atoms with Crippen molar-refractivity contribution in [3.05, 3.63) is 50.6 Å². The van der Waals surface area contributed by atoms with Crippen molar-refractivity contribution >= 4 is 27.3 Å². The van der Waals surface area contributed by atoms with E-state index in [2.05, 4.69) is 44.9 Å². The van der Waals surface area contributed by atoms with E-state index < -0.39 is 0 Å². The lowest BCUT2D eigenvalue weighted by Crippen LogP contribution is -2.42. The molecule has 0 saturated carbocycles. The molecule has 106 valence electrons. The molecule has 1 aliphatic heterocycles. The van der Waals surface area contributed by atoms with Gasteiger partial charge in [0.05, 0.1) is 6.61 Å². The number of thiophene rings is 1. The number of ether oxygens (including phenoxy) is 1. The van der Waals surface area contributed by atoms with Gasteiger partial charge in [0.2, 0.25) is 0 Å². The van der Waals surface area contributed by atoms with Crippen molar-refractivity contribution in [1.29, 1.82) is 0 Å². The lowest BCUT2D eigenvalue weighted by atomic mass is 9.85. The van der Waals surface area contributed by atoms with E-state index in [4.69, 9.17) is 10.6 Å². The van der Waals surface area contributed by atoms with Gasteiger partial charge in [0.15, 0.2) is 0 Å². The second kappa shape index (κ2) is 6.26. The zero-order chi connectivity index (χ0) is 13.9. The first kappa shape index (κ1) is 14.1. The average Bonchev–Trinajstić information content (AvgIpc) is 2.89. The van der Waals surface area contributed by atoms with E-state index in [0.717, 1.165) is 25.2 Å². The molecule has 1 aromatic heterocycles. The van der Waals surface area contributed by atoms with Gasteiger partial charge in [-0.1, -0.05) is 18.2 Å². The molecule has 1 aromatic carbocycles. The Morgan fingerprint density at radius 2 is 2.25 bits per heavy atom. The van der Waals surface area contributed by atoms with Gasteiger partial charge in [-0.15, -0.1) is 11.3 Å². The Labute approximate surface area is 131 Å². The molecule has 3 rings (SSSR count). The second-order valence-electron chi connectivity index (χ2n) is 4.95. The summed E-state index contributed by atoms with van der Waals surface area (Å²) in [5.74, 6) is 7.21. The summed E-state index contributed by atoms with van der Waals surface area (Å²) in [6.45, 7) is 0.755. The highest BCUT2D eigenvalue weighted by atomic mass is 79.9. The largest absolute Gasteiger partial charge is 0.493 e. The summed E-state index contributed by atoms with van der Waals surface area (Å²) in [7, 11) is 0. The summed E-state index contributed by atoms with van der Waals surface area (Å²) in [6.07, 6.45) is 1.92. The van der Waals surface area contributed by atoms with Crippen molar-refractivity contribution in [2.24, 2.45) is 5.84 Å². The lowest BCUT2D eigenvalue weighted by molar-refractivity contribution is 0.245. The number of benzene rings is 1. The molecule has 0 amide bonds. The van der Waals surface area contributed by atoms with E-state index in [-0.39, 0.29) is 6.04 Å². The molecule has 0 radical (unpaired) electrons. The highest BCUT2D eigenvalue weighted by molar-refractivity contribution is 9.10. The Balaban J connectivity index is 1.85. The molecule has 3 N–H and O–H groups in total. The molecule has 2 atom stereocenters. The van der Waals surface area contributed by atoms with Gasteiger partial charge < -0.3 is 4.74 Å². The van der Waals surface area contributed by atoms with Gasteiger partial charge in [0.1, 0.15) is 5.75 Å². The predicted molar refractivity (Wildman–Crippen MR) is 86.1 cm³/mol. The molecule has 1 aliphatic rings. The average molecular weight is 353 g/mol. The fourth-order valence-corrected chi connectivity index (χ4v) is 4.35. The Hall–Kier alpha value is -0.880. The summed E-state index contributed by atoms with van der Waals surface area (Å²) in [5, 5.41) is 2.10. The van der Waals surface area contributed by atoms with Crippen LogP contribution in [0.1, 0.15) is 22.8 Å². The fourth-order valence-electron chi connectivity index (χ4n) is 2.78. The Bertz CT molecular complexity index is 587. The van der Waals surface area contributed by atoms with Gasteiger partial charge in [-0.25, -0.2) is 0 Å². The monoisotopic (exact) mass is 352 g/mol. The third-order valence-electron chi connectivity index (χ3n) is 3.80. The number of hydrogen-bond acceptors (Lipinski definition) is 4. The molecule has 5 heteroatoms. The van der Waals surface area contributed by atoms with Crippen LogP contribution in [-0.2, 0) is 6.42 Å². The summed E-state index contributed by atoms with van der Waals surface area (Å²) < 4.78 is 6.90. The van der Waals surface area contributed by atoms with E-state index in [1.807, 2.05) is 12.1 Å². The molecule has 2 unspecified atom stereocenters. The standard InChI is InChI=1S/C15H17BrN2OS/c16-12-6-8-20-15(12)9-13(18-17)10-5-7-19-14-4-2-1-3-11(10)14/h1-4,6,8,10,13,18H,5,7,9,17H2. The van der Waals surface area contributed by atoms with Crippen molar-refractivity contribution in [2.75, 3.05) is 6.61 Å². The minimum Gasteiger partial charge on any atom is -0.493 e. The summed E-state index contributed by atoms with van der Waals surface area (Å²) in [6, 6.07) is 10.6. The first-order valence-electron chi connectivity index (χ1n) is 6.69. The number of rotatable bonds is 4. The van der Waals surface area contributed by atoms with Crippen LogP contribution in [0.4, 0.5) is 0 Å². The van der Waals surface area contributed by atoms with E-state index in [1.54, 1.807) is 11.3 Å². The first-order chi connectivity index (χ1) is 9.79. The molecule has 2 aromatic rings. The van der Waals surface area contributed by atoms with Crippen LogP contribution in [0.2, 0.25) is 0 Å². The van der Waals surface area contributed by atoms with Crippen molar-refractivity contribution in [3.8, 4) is 5.75 Å². The third-order valence-corrected chi connectivity index (χ3v) is 5.75. The van der Waals surface area contributed by atoms with Crippen molar-refractivity contribution < 1.29 is 4.74 Å². The molecule has 3 nitrogen and oxygen atoms in total. The Morgan fingerprint density at radius 3 is 3.00 bits per heavy atom. The number of nitrogens with two attached hydrogens (primary N) is 1. The minimum absolute atomic E-state index is 0.218. The van der Waals surface area contributed by atoms with Gasteiger partial charge >= 0.3 is 0 Å². The van der Waals surface area contributed by atoms with Gasteiger partial charge in [0, 0.05) is 27.7 Å². The van der Waals surface area contributed by atoms with Gasteiger partial charge in [-0.05, 0) is 45.4 Å². The summed E-state index contributed by atoms with van der Waals surface area (Å²) in [5.41, 5.74) is 4.27. The SMILES string of the molecule is NNC(Cc1sccc1Br)C1CCOc2ccccc21. The normalized spacial score (nSPS) is 19.2. The molecule has 0 aliphatic carbocycles. The Kier molecular flexibility index (Phi) is 4.41. The van der Waals surface area contributed by atoms with Gasteiger partial charge in [0.25, 0.3) is 0 Å². The van der Waals surface area contributed by atoms with Crippen LogP contribution in [0.5, 0.6) is 5.75 Å². The second-order valence-corrected chi connectivity index (χ2v) is 6.81. The molecule has 0 bridgehead atoms. The van der Waals surface area contributed by atoms with Crippen LogP contribution in [0.3, 0.4) is 0 Å². The molecule has 2 heterocycles. The third kappa shape index (κ3) is 2.76. The molecular weight excluding hydrogens is 336 g/mol. The summed E-state index contributed by atoms with van der Waals surface area (Å²) >= 11 is 5.36. The predicted octanol–water partition coefficient (Wildman–Crippen LogP) is 3.45. The maximum absolute atomic E-state index is 5.83. The number of halogens is 1. The minimum atomic E-state index is 0.218. The maximum atomic E-state index is 5.83. The zero-order valence-electron chi connectivity index (χ0n) is 11.0. The molecule has 0 fully saturated rings. The highest BCUT2D eigenvalue weighted by Gasteiger charge is 2.28. The molecule has 0 saturated heterocycles. The number of nitrogens with one attached hydrogen (secondary N) is 1. The maximum Gasteiger partial charge on any atom is 0.122 e. The van der Waals surface area contributed by atoms with E-state index in [9.17, 15) is 0 Å². The van der Waals surface area contributed by atoms with E-state index in [0.29, 0.717) is 5.92 Å². The van der Waals surface area contributed by atoms with Crippen LogP contribution in [0, 0.1) is 0 Å². The van der Waals surface area contributed by atoms with Crippen LogP contribution in [0.25, 0.3) is 0 Å². The van der Waals surface area contributed by atoms with Crippen molar-refractivity contribution in [1.82, 2.24) is 5.43 Å². The number of fused-ring (bicyclic) bond motifs is 1. The molecule has 0 spiro atoms. The molecule has 20 heavy (non-hydrogen) atoms. The smallest absolute Gasteiger partial charge is 0.122 e. The highest BCUT2D eigenvalue weighted by Crippen LogP contribution is 2.37. The van der Waals surface area contributed by atoms with Gasteiger partial charge in [-0.3, -0.25) is 11.3 Å².